The number of aryl methyl sites for hydroxylation is 2. The van der Waals surface area contributed by atoms with Gasteiger partial charge in [-0.25, -0.2) is 0 Å². The maximum absolute atomic E-state index is 12.4. The van der Waals surface area contributed by atoms with Crippen LogP contribution in [0.3, 0.4) is 0 Å². The number of benzene rings is 2. The molecule has 3 aromatic rings. The van der Waals surface area contributed by atoms with E-state index in [0.29, 0.717) is 22.9 Å². The number of halogens is 1. The first-order chi connectivity index (χ1) is 12.0. The van der Waals surface area contributed by atoms with E-state index in [1.165, 1.54) is 0 Å². The van der Waals surface area contributed by atoms with E-state index in [-0.39, 0.29) is 5.91 Å². The van der Waals surface area contributed by atoms with Gasteiger partial charge in [-0.05, 0) is 48.9 Å². The van der Waals surface area contributed by atoms with E-state index in [4.69, 9.17) is 16.3 Å². The highest BCUT2D eigenvalue weighted by molar-refractivity contribution is 6.30. The van der Waals surface area contributed by atoms with Gasteiger partial charge in [0.05, 0.1) is 11.4 Å². The predicted molar refractivity (Wildman–Crippen MR) is 98.1 cm³/mol. The Morgan fingerprint density at radius 3 is 2.68 bits per heavy atom. The van der Waals surface area contributed by atoms with Crippen LogP contribution in [0.2, 0.25) is 5.02 Å². The molecule has 5 nitrogen and oxygen atoms in total. The number of hydrogen-bond donors (Lipinski definition) is 1. The number of anilines is 1. The molecule has 6 heteroatoms. The van der Waals surface area contributed by atoms with Crippen molar-refractivity contribution < 1.29 is 9.53 Å². The van der Waals surface area contributed by atoms with Crippen LogP contribution >= 0.6 is 11.6 Å². The Morgan fingerprint density at radius 2 is 2.00 bits per heavy atom. The van der Waals surface area contributed by atoms with Gasteiger partial charge >= 0.3 is 0 Å². The summed E-state index contributed by atoms with van der Waals surface area (Å²) in [6, 6.07) is 14.5. The maximum atomic E-state index is 12.4. The molecule has 1 amide bonds. The number of ether oxygens (including phenoxy) is 1. The van der Waals surface area contributed by atoms with Crippen molar-refractivity contribution in [2.45, 2.75) is 13.5 Å². The van der Waals surface area contributed by atoms with Crippen LogP contribution < -0.4 is 10.1 Å². The van der Waals surface area contributed by atoms with Crippen LogP contribution in [0, 0.1) is 6.92 Å². The highest BCUT2D eigenvalue weighted by Gasteiger charge is 2.10. The third-order valence-corrected chi connectivity index (χ3v) is 3.92. The Morgan fingerprint density at radius 1 is 1.24 bits per heavy atom. The summed E-state index contributed by atoms with van der Waals surface area (Å²) in [5.74, 6) is 0.551. The van der Waals surface area contributed by atoms with Crippen molar-refractivity contribution >= 4 is 23.2 Å². The molecule has 0 atom stereocenters. The van der Waals surface area contributed by atoms with Crippen LogP contribution in [0.25, 0.3) is 0 Å². The molecule has 25 heavy (non-hydrogen) atoms. The number of rotatable bonds is 5. The molecule has 0 spiro atoms. The molecule has 0 radical (unpaired) electrons. The molecule has 128 valence electrons. The molecule has 0 unspecified atom stereocenters. The lowest BCUT2D eigenvalue weighted by Gasteiger charge is -2.08. The topological polar surface area (TPSA) is 56.2 Å². The average molecular weight is 356 g/mol. The van der Waals surface area contributed by atoms with Crippen molar-refractivity contribution in [3.8, 4) is 5.75 Å². The Hall–Kier alpha value is -2.79. The molecule has 0 aliphatic carbocycles. The van der Waals surface area contributed by atoms with Crippen LogP contribution in [0.15, 0.2) is 54.7 Å². The van der Waals surface area contributed by atoms with E-state index in [2.05, 4.69) is 10.4 Å². The molecule has 1 N–H and O–H groups in total. The summed E-state index contributed by atoms with van der Waals surface area (Å²) in [5, 5.41) is 7.76. The summed E-state index contributed by atoms with van der Waals surface area (Å²) in [4.78, 5) is 12.4. The quantitative estimate of drug-likeness (QED) is 0.745. The number of nitrogens with one attached hydrogen (secondary N) is 1. The molecule has 0 fully saturated rings. The monoisotopic (exact) mass is 355 g/mol. The summed E-state index contributed by atoms with van der Waals surface area (Å²) in [6.45, 7) is 2.22. The smallest absolute Gasteiger partial charge is 0.255 e. The molecule has 0 aliphatic rings. The summed E-state index contributed by atoms with van der Waals surface area (Å²) >= 11 is 5.86. The second kappa shape index (κ2) is 7.40. The van der Waals surface area contributed by atoms with Gasteiger partial charge in [0.1, 0.15) is 12.4 Å². The molecular weight excluding hydrogens is 338 g/mol. The maximum Gasteiger partial charge on any atom is 0.255 e. The molecule has 3 rings (SSSR count). The van der Waals surface area contributed by atoms with E-state index in [0.717, 1.165) is 17.0 Å². The zero-order valence-electron chi connectivity index (χ0n) is 14.0. The zero-order chi connectivity index (χ0) is 17.8. The summed E-state index contributed by atoms with van der Waals surface area (Å²) in [7, 11) is 1.82. The number of carbonyl (C=O) groups excluding carboxylic acids is 1. The van der Waals surface area contributed by atoms with E-state index in [9.17, 15) is 4.79 Å². The molecule has 2 aromatic carbocycles. The molecule has 0 saturated heterocycles. The minimum absolute atomic E-state index is 0.176. The van der Waals surface area contributed by atoms with E-state index in [1.807, 2.05) is 44.3 Å². The summed E-state index contributed by atoms with van der Waals surface area (Å²) in [5.41, 5.74) is 2.96. The van der Waals surface area contributed by atoms with Crippen LogP contribution in [0.4, 0.5) is 5.69 Å². The van der Waals surface area contributed by atoms with Gasteiger partial charge < -0.3 is 10.1 Å². The van der Waals surface area contributed by atoms with E-state index >= 15 is 0 Å². The summed E-state index contributed by atoms with van der Waals surface area (Å²) < 4.78 is 7.39. The molecule has 1 heterocycles. The fraction of sp³-hybridized carbons (Fsp3) is 0.158. The van der Waals surface area contributed by atoms with Crippen molar-refractivity contribution in [3.63, 3.8) is 0 Å². The average Bonchev–Trinajstić information content (AvgIpc) is 2.92. The number of carbonyl (C=O) groups is 1. The number of hydrogen-bond acceptors (Lipinski definition) is 3. The van der Waals surface area contributed by atoms with Gasteiger partial charge in [0.15, 0.2) is 0 Å². The van der Waals surface area contributed by atoms with Gasteiger partial charge in [-0.2, -0.15) is 5.10 Å². The van der Waals surface area contributed by atoms with Crippen LogP contribution in [-0.4, -0.2) is 15.7 Å². The largest absolute Gasteiger partial charge is 0.489 e. The van der Waals surface area contributed by atoms with Gasteiger partial charge in [0, 0.05) is 23.8 Å². The first kappa shape index (κ1) is 17.0. The Bertz CT molecular complexity index is 888. The van der Waals surface area contributed by atoms with Crippen molar-refractivity contribution in [3.05, 3.63) is 76.6 Å². The third kappa shape index (κ3) is 4.39. The van der Waals surface area contributed by atoms with E-state index in [1.54, 1.807) is 29.1 Å². The minimum atomic E-state index is -0.176. The third-order valence-electron chi connectivity index (χ3n) is 3.67. The molecule has 1 aromatic heterocycles. The lowest BCUT2D eigenvalue weighted by molar-refractivity contribution is 0.102. The van der Waals surface area contributed by atoms with Gasteiger partial charge in [-0.1, -0.05) is 23.7 Å². The van der Waals surface area contributed by atoms with Crippen molar-refractivity contribution in [2.24, 2.45) is 7.05 Å². The second-order valence-electron chi connectivity index (χ2n) is 5.70. The molecule has 0 aliphatic heterocycles. The molecule has 0 saturated carbocycles. The number of amides is 1. The SMILES string of the molecule is Cc1nn(C)cc1NC(=O)c1cccc(COc2ccc(Cl)cc2)c1. The fourth-order valence-electron chi connectivity index (χ4n) is 2.42. The predicted octanol–water partition coefficient (Wildman–Crippen LogP) is 4.21. The number of nitrogens with zero attached hydrogens (tertiary/aromatic N) is 2. The Balaban J connectivity index is 1.67. The van der Waals surface area contributed by atoms with Gasteiger partial charge in [0.2, 0.25) is 0 Å². The fourth-order valence-corrected chi connectivity index (χ4v) is 2.54. The highest BCUT2D eigenvalue weighted by atomic mass is 35.5. The first-order valence-electron chi connectivity index (χ1n) is 7.80. The minimum Gasteiger partial charge on any atom is -0.489 e. The molecular formula is C19H18ClN3O2. The Labute approximate surface area is 151 Å². The lowest BCUT2D eigenvalue weighted by Crippen LogP contribution is -2.12. The van der Waals surface area contributed by atoms with Gasteiger partial charge in [-0.3, -0.25) is 9.48 Å². The standard InChI is InChI=1S/C19H18ClN3O2/c1-13-18(11-23(2)22-13)21-19(24)15-5-3-4-14(10-15)12-25-17-8-6-16(20)7-9-17/h3-11H,12H2,1-2H3,(H,21,24). The highest BCUT2D eigenvalue weighted by Crippen LogP contribution is 2.18. The van der Waals surface area contributed by atoms with Crippen LogP contribution in [0.5, 0.6) is 5.75 Å². The molecule has 0 bridgehead atoms. The lowest BCUT2D eigenvalue weighted by atomic mass is 10.1. The second-order valence-corrected chi connectivity index (χ2v) is 6.14. The van der Waals surface area contributed by atoms with E-state index < -0.39 is 0 Å². The van der Waals surface area contributed by atoms with Crippen LogP contribution in [0.1, 0.15) is 21.6 Å². The van der Waals surface area contributed by atoms with Crippen molar-refractivity contribution in [1.82, 2.24) is 9.78 Å². The van der Waals surface area contributed by atoms with Crippen LogP contribution in [-0.2, 0) is 13.7 Å². The summed E-state index contributed by atoms with van der Waals surface area (Å²) in [6.07, 6.45) is 1.78. The first-order valence-corrected chi connectivity index (χ1v) is 8.18. The normalized spacial score (nSPS) is 10.5. The van der Waals surface area contributed by atoms with Crippen molar-refractivity contribution in [2.75, 3.05) is 5.32 Å². The van der Waals surface area contributed by atoms with Gasteiger partial charge in [0.25, 0.3) is 5.91 Å². The zero-order valence-corrected chi connectivity index (χ0v) is 14.7. The Kier molecular flexibility index (Phi) is 5.05. The number of aromatic nitrogens is 2. The van der Waals surface area contributed by atoms with Crippen molar-refractivity contribution in [1.29, 1.82) is 0 Å². The van der Waals surface area contributed by atoms with Gasteiger partial charge in [-0.15, -0.1) is 0 Å².